The Hall–Kier alpha value is -1.64. The zero-order chi connectivity index (χ0) is 17.1. The molecule has 1 amide bonds. The summed E-state index contributed by atoms with van der Waals surface area (Å²) in [5.41, 5.74) is 8.60. The van der Waals surface area contributed by atoms with E-state index >= 15 is 0 Å². The van der Waals surface area contributed by atoms with Crippen LogP contribution in [0.3, 0.4) is 0 Å². The van der Waals surface area contributed by atoms with Gasteiger partial charge in [0.2, 0.25) is 5.91 Å². The summed E-state index contributed by atoms with van der Waals surface area (Å²) >= 11 is 3.60. The van der Waals surface area contributed by atoms with E-state index in [1.807, 2.05) is 6.92 Å². The number of amides is 1. The summed E-state index contributed by atoms with van der Waals surface area (Å²) in [5, 5.41) is 3.80. The molecule has 7 nitrogen and oxygen atoms in total. The van der Waals surface area contributed by atoms with E-state index in [4.69, 9.17) is 10.5 Å². The van der Waals surface area contributed by atoms with E-state index in [0.717, 1.165) is 47.1 Å². The number of piperidine rings is 1. The van der Waals surface area contributed by atoms with Crippen LogP contribution in [0.15, 0.2) is 16.9 Å². The second-order valence-electron chi connectivity index (χ2n) is 5.91. The molecule has 0 spiro atoms. The van der Waals surface area contributed by atoms with E-state index in [2.05, 4.69) is 36.1 Å². The van der Waals surface area contributed by atoms with Gasteiger partial charge in [-0.05, 0) is 35.7 Å². The maximum absolute atomic E-state index is 12.0. The van der Waals surface area contributed by atoms with Gasteiger partial charge in [-0.3, -0.25) is 4.79 Å². The fourth-order valence-corrected chi connectivity index (χ4v) is 3.61. The molecule has 24 heavy (non-hydrogen) atoms. The third-order valence-electron chi connectivity index (χ3n) is 4.11. The van der Waals surface area contributed by atoms with Crippen LogP contribution in [-0.2, 0) is 9.53 Å². The molecule has 0 bridgehead atoms. The number of carbonyl (C=O) groups is 1. The summed E-state index contributed by atoms with van der Waals surface area (Å²) in [7, 11) is 0. The summed E-state index contributed by atoms with van der Waals surface area (Å²) in [6.07, 6.45) is 5.63. The standard InChI is InChI=1S/C16H22BrN5O2/c1-2-24-9-13(23)21-12-7-20-16-14(12)15(11(17)6-19-16)22-5-3-4-10(18)8-22/h6-7,10H,2-5,8-9,18H2,1H3,(H,19,20)(H,21,23)/t10-/m1/s1. The Labute approximate surface area is 149 Å². The van der Waals surface area contributed by atoms with Crippen LogP contribution in [0.4, 0.5) is 11.4 Å². The molecule has 2 aromatic heterocycles. The van der Waals surface area contributed by atoms with E-state index in [0.29, 0.717) is 12.3 Å². The van der Waals surface area contributed by atoms with Gasteiger partial charge < -0.3 is 25.7 Å². The smallest absolute Gasteiger partial charge is 0.250 e. The summed E-state index contributed by atoms with van der Waals surface area (Å²) in [6, 6.07) is 0.156. The number of nitrogens with one attached hydrogen (secondary N) is 2. The molecule has 3 heterocycles. The Balaban J connectivity index is 1.96. The number of carbonyl (C=O) groups excluding carboxylic acids is 1. The molecule has 1 fully saturated rings. The Bertz CT molecular complexity index is 733. The third-order valence-corrected chi connectivity index (χ3v) is 4.70. The van der Waals surface area contributed by atoms with Crippen molar-refractivity contribution < 1.29 is 9.53 Å². The molecular formula is C16H22BrN5O2. The number of hydrogen-bond donors (Lipinski definition) is 3. The van der Waals surface area contributed by atoms with Crippen molar-refractivity contribution in [2.75, 3.05) is 36.5 Å². The van der Waals surface area contributed by atoms with Gasteiger partial charge in [-0.2, -0.15) is 0 Å². The Morgan fingerprint density at radius 2 is 2.46 bits per heavy atom. The number of rotatable bonds is 5. The van der Waals surface area contributed by atoms with Crippen molar-refractivity contribution >= 4 is 44.2 Å². The van der Waals surface area contributed by atoms with Crippen molar-refractivity contribution in [3.8, 4) is 0 Å². The average Bonchev–Trinajstić information content (AvgIpc) is 2.95. The minimum atomic E-state index is -0.181. The van der Waals surface area contributed by atoms with Crippen LogP contribution < -0.4 is 16.0 Å². The normalized spacial score (nSPS) is 18.1. The molecule has 130 valence electrons. The van der Waals surface area contributed by atoms with Gasteiger partial charge in [0.1, 0.15) is 12.3 Å². The van der Waals surface area contributed by atoms with Crippen molar-refractivity contribution in [2.24, 2.45) is 5.73 Å². The number of aromatic amines is 1. The van der Waals surface area contributed by atoms with Gasteiger partial charge in [0.15, 0.2) is 0 Å². The lowest BCUT2D eigenvalue weighted by molar-refractivity contribution is -0.120. The molecule has 1 saturated heterocycles. The number of anilines is 2. The number of pyridine rings is 1. The molecule has 4 N–H and O–H groups in total. The fraction of sp³-hybridized carbons (Fsp3) is 0.500. The largest absolute Gasteiger partial charge is 0.372 e. The molecule has 0 aromatic carbocycles. The highest BCUT2D eigenvalue weighted by Gasteiger charge is 2.23. The zero-order valence-corrected chi connectivity index (χ0v) is 15.2. The number of ether oxygens (including phenoxy) is 1. The van der Waals surface area contributed by atoms with E-state index in [1.165, 1.54) is 0 Å². The molecule has 1 atom stereocenters. The number of aromatic nitrogens is 2. The highest BCUT2D eigenvalue weighted by molar-refractivity contribution is 9.10. The topological polar surface area (TPSA) is 96.3 Å². The molecule has 2 aromatic rings. The highest BCUT2D eigenvalue weighted by atomic mass is 79.9. The molecule has 1 aliphatic heterocycles. The van der Waals surface area contributed by atoms with Gasteiger partial charge in [-0.15, -0.1) is 0 Å². The molecule has 0 radical (unpaired) electrons. The highest BCUT2D eigenvalue weighted by Crippen LogP contribution is 2.38. The van der Waals surface area contributed by atoms with Crippen LogP contribution >= 0.6 is 15.9 Å². The predicted molar refractivity (Wildman–Crippen MR) is 98.3 cm³/mol. The predicted octanol–water partition coefficient (Wildman–Crippen LogP) is 2.23. The van der Waals surface area contributed by atoms with Crippen LogP contribution in [0, 0.1) is 0 Å². The summed E-state index contributed by atoms with van der Waals surface area (Å²) in [6.45, 7) is 4.12. The van der Waals surface area contributed by atoms with E-state index in [1.54, 1.807) is 12.4 Å². The van der Waals surface area contributed by atoms with Crippen LogP contribution in [0.25, 0.3) is 11.0 Å². The van der Waals surface area contributed by atoms with E-state index < -0.39 is 0 Å². The van der Waals surface area contributed by atoms with Crippen molar-refractivity contribution in [1.82, 2.24) is 9.97 Å². The first-order chi connectivity index (χ1) is 11.6. The molecule has 8 heteroatoms. The second kappa shape index (κ2) is 7.50. The molecule has 0 saturated carbocycles. The van der Waals surface area contributed by atoms with Crippen molar-refractivity contribution in [2.45, 2.75) is 25.8 Å². The number of nitrogens with two attached hydrogens (primary N) is 1. The number of fused-ring (bicyclic) bond motifs is 1. The van der Waals surface area contributed by atoms with Gasteiger partial charge in [-0.1, -0.05) is 0 Å². The second-order valence-corrected chi connectivity index (χ2v) is 6.77. The van der Waals surface area contributed by atoms with Gasteiger partial charge in [-0.25, -0.2) is 4.98 Å². The molecular weight excluding hydrogens is 374 g/mol. The van der Waals surface area contributed by atoms with Crippen LogP contribution in [0.2, 0.25) is 0 Å². The summed E-state index contributed by atoms with van der Waals surface area (Å²) < 4.78 is 6.06. The molecule has 0 aliphatic carbocycles. The first kappa shape index (κ1) is 17.2. The SMILES string of the molecule is CCOCC(=O)Nc1c[nH]c2ncc(Br)c(N3CCC[C@@H](N)C3)c12. The fourth-order valence-electron chi connectivity index (χ4n) is 3.06. The maximum atomic E-state index is 12.0. The summed E-state index contributed by atoms with van der Waals surface area (Å²) in [4.78, 5) is 21.8. The van der Waals surface area contributed by atoms with Crippen molar-refractivity contribution in [3.05, 3.63) is 16.9 Å². The first-order valence-electron chi connectivity index (χ1n) is 8.13. The van der Waals surface area contributed by atoms with Gasteiger partial charge in [0.05, 0.1) is 21.2 Å². The minimum absolute atomic E-state index is 0.0362. The number of nitrogens with zero attached hydrogens (tertiary/aromatic N) is 2. The van der Waals surface area contributed by atoms with Crippen LogP contribution in [0.5, 0.6) is 0 Å². The monoisotopic (exact) mass is 395 g/mol. The van der Waals surface area contributed by atoms with Crippen molar-refractivity contribution in [3.63, 3.8) is 0 Å². The first-order valence-corrected chi connectivity index (χ1v) is 8.93. The zero-order valence-electron chi connectivity index (χ0n) is 13.6. The molecule has 0 unspecified atom stereocenters. The minimum Gasteiger partial charge on any atom is -0.372 e. The van der Waals surface area contributed by atoms with E-state index in [-0.39, 0.29) is 18.6 Å². The molecule has 1 aliphatic rings. The Kier molecular flexibility index (Phi) is 5.37. The summed E-state index contributed by atoms with van der Waals surface area (Å²) in [5.74, 6) is -0.181. The third kappa shape index (κ3) is 3.55. The lowest BCUT2D eigenvalue weighted by Gasteiger charge is -2.33. The van der Waals surface area contributed by atoms with E-state index in [9.17, 15) is 4.79 Å². The number of halogens is 1. The van der Waals surface area contributed by atoms with Gasteiger partial charge >= 0.3 is 0 Å². The number of H-pyrrole nitrogens is 1. The average molecular weight is 396 g/mol. The van der Waals surface area contributed by atoms with Gasteiger partial charge in [0, 0.05) is 38.1 Å². The Morgan fingerprint density at radius 3 is 3.21 bits per heavy atom. The van der Waals surface area contributed by atoms with Crippen LogP contribution in [-0.4, -0.2) is 48.2 Å². The van der Waals surface area contributed by atoms with Crippen LogP contribution in [0.1, 0.15) is 19.8 Å². The van der Waals surface area contributed by atoms with Gasteiger partial charge in [0.25, 0.3) is 0 Å². The maximum Gasteiger partial charge on any atom is 0.250 e. The Morgan fingerprint density at radius 1 is 1.62 bits per heavy atom. The quantitative estimate of drug-likeness (QED) is 0.720. The lowest BCUT2D eigenvalue weighted by Crippen LogP contribution is -2.43. The molecule has 3 rings (SSSR count). The number of hydrogen-bond acceptors (Lipinski definition) is 5. The lowest BCUT2D eigenvalue weighted by atomic mass is 10.1. The van der Waals surface area contributed by atoms with Crippen molar-refractivity contribution in [1.29, 1.82) is 0 Å².